The second-order valence-electron chi connectivity index (χ2n) is 8.55. The minimum atomic E-state index is -0.778. The van der Waals surface area contributed by atoms with Crippen LogP contribution in [0.3, 0.4) is 0 Å². The molecule has 1 saturated heterocycles. The number of ether oxygens (including phenoxy) is 3. The Hall–Kier alpha value is -3.03. The molecule has 2 unspecified atom stereocenters. The lowest BCUT2D eigenvalue weighted by molar-refractivity contribution is -0.145. The third-order valence-electron chi connectivity index (χ3n) is 6.21. The van der Waals surface area contributed by atoms with Gasteiger partial charge in [-0.2, -0.15) is 0 Å². The van der Waals surface area contributed by atoms with Gasteiger partial charge in [-0.15, -0.1) is 11.3 Å². The first-order valence-corrected chi connectivity index (χ1v) is 12.4. The van der Waals surface area contributed by atoms with Crippen LogP contribution in [0.25, 0.3) is 0 Å². The number of hydrogen-bond donors (Lipinski definition) is 1. The molecule has 1 fully saturated rings. The molecular formula is C27H31NO5S. The van der Waals surface area contributed by atoms with E-state index in [0.717, 1.165) is 41.0 Å². The monoisotopic (exact) mass is 481 g/mol. The van der Waals surface area contributed by atoms with E-state index in [0.29, 0.717) is 30.3 Å². The first kappa shape index (κ1) is 24.1. The van der Waals surface area contributed by atoms with Gasteiger partial charge in [0.25, 0.3) is 0 Å². The number of carbonyl (C=O) groups is 1. The Labute approximate surface area is 204 Å². The highest BCUT2D eigenvalue weighted by Gasteiger charge is 2.36. The van der Waals surface area contributed by atoms with Crippen molar-refractivity contribution < 1.29 is 24.1 Å². The number of thiophene rings is 1. The third-order valence-corrected chi connectivity index (χ3v) is 7.31. The van der Waals surface area contributed by atoms with Crippen molar-refractivity contribution in [2.45, 2.75) is 44.9 Å². The average Bonchev–Trinajstić information content (AvgIpc) is 3.29. The molecule has 3 aromatic rings. The zero-order chi connectivity index (χ0) is 24.1. The number of hydrogen-bond acceptors (Lipinski definition) is 6. The first-order valence-electron chi connectivity index (χ1n) is 11.5. The van der Waals surface area contributed by atoms with Gasteiger partial charge in [0.05, 0.1) is 20.3 Å². The third kappa shape index (κ3) is 5.21. The zero-order valence-corrected chi connectivity index (χ0v) is 20.6. The van der Waals surface area contributed by atoms with Crippen LogP contribution in [0.5, 0.6) is 17.2 Å². The Morgan fingerprint density at radius 1 is 1.12 bits per heavy atom. The van der Waals surface area contributed by atoms with Crippen LogP contribution in [0, 0.1) is 6.92 Å². The summed E-state index contributed by atoms with van der Waals surface area (Å²) in [5, 5.41) is 12.1. The van der Waals surface area contributed by atoms with Crippen LogP contribution in [0.4, 0.5) is 0 Å². The Morgan fingerprint density at radius 2 is 1.82 bits per heavy atom. The van der Waals surface area contributed by atoms with E-state index in [1.54, 1.807) is 25.6 Å². The van der Waals surface area contributed by atoms with E-state index >= 15 is 0 Å². The molecule has 0 aliphatic carbocycles. The van der Waals surface area contributed by atoms with Gasteiger partial charge < -0.3 is 19.3 Å². The summed E-state index contributed by atoms with van der Waals surface area (Å²) >= 11 is 1.65. The van der Waals surface area contributed by atoms with Crippen LogP contribution >= 0.6 is 11.3 Å². The van der Waals surface area contributed by atoms with Crippen LogP contribution < -0.4 is 14.2 Å². The fourth-order valence-corrected chi connectivity index (χ4v) is 5.62. The van der Waals surface area contributed by atoms with E-state index < -0.39 is 12.0 Å². The minimum absolute atomic E-state index is 0.217. The number of carboxylic acid groups (broad SMARTS) is 1. The van der Waals surface area contributed by atoms with Crippen LogP contribution in [0.15, 0.2) is 53.9 Å². The standard InChI is InChI=1S/C27H31NO5S/c1-18-13-24(34-17-18)25(28-12-8-7-11-21(28)27(29)30)20-14-22(31-2)26(23(15-20)32-3)33-16-19-9-5-4-6-10-19/h4-6,9-10,13-15,17,21,25H,7-8,11-12,16H2,1-3H3,(H,29,30). The Bertz CT molecular complexity index is 1090. The van der Waals surface area contributed by atoms with Gasteiger partial charge in [0, 0.05) is 4.88 Å². The van der Waals surface area contributed by atoms with Gasteiger partial charge in [0.2, 0.25) is 5.75 Å². The van der Waals surface area contributed by atoms with Gasteiger partial charge in [-0.25, -0.2) is 0 Å². The predicted octanol–water partition coefficient (Wildman–Crippen LogP) is 5.68. The SMILES string of the molecule is COc1cc(C(c2cc(C)cs2)N2CCCCC2C(=O)O)cc(OC)c1OCc1ccccc1. The molecule has 2 aromatic carbocycles. The lowest BCUT2D eigenvalue weighted by atomic mass is 9.94. The van der Waals surface area contributed by atoms with Crippen LogP contribution in [-0.4, -0.2) is 42.8 Å². The molecule has 0 bridgehead atoms. The van der Waals surface area contributed by atoms with Crippen molar-refractivity contribution in [3.63, 3.8) is 0 Å². The number of nitrogens with zero attached hydrogens (tertiary/aromatic N) is 1. The summed E-state index contributed by atoms with van der Waals surface area (Å²) in [7, 11) is 3.22. The van der Waals surface area contributed by atoms with Crippen LogP contribution in [-0.2, 0) is 11.4 Å². The number of rotatable bonds is 9. The molecule has 7 heteroatoms. The topological polar surface area (TPSA) is 68.2 Å². The number of methoxy groups -OCH3 is 2. The second-order valence-corrected chi connectivity index (χ2v) is 9.49. The highest BCUT2D eigenvalue weighted by molar-refractivity contribution is 7.10. The summed E-state index contributed by atoms with van der Waals surface area (Å²) in [4.78, 5) is 15.4. The molecule has 1 aromatic heterocycles. The molecule has 0 amide bonds. The highest BCUT2D eigenvalue weighted by atomic mass is 32.1. The maximum absolute atomic E-state index is 12.1. The van der Waals surface area contributed by atoms with Crippen molar-refractivity contribution in [2.24, 2.45) is 0 Å². The van der Waals surface area contributed by atoms with E-state index in [-0.39, 0.29) is 6.04 Å². The number of carboxylic acids is 1. The molecule has 1 aliphatic rings. The highest BCUT2D eigenvalue weighted by Crippen LogP contribution is 2.45. The Kier molecular flexibility index (Phi) is 7.75. The van der Waals surface area contributed by atoms with E-state index in [9.17, 15) is 9.90 Å². The molecule has 4 rings (SSSR count). The smallest absolute Gasteiger partial charge is 0.320 e. The van der Waals surface area contributed by atoms with Crippen molar-refractivity contribution in [2.75, 3.05) is 20.8 Å². The van der Waals surface area contributed by atoms with Gasteiger partial charge in [-0.1, -0.05) is 36.8 Å². The lowest BCUT2D eigenvalue weighted by Gasteiger charge is -2.39. The molecule has 34 heavy (non-hydrogen) atoms. The van der Waals surface area contributed by atoms with E-state index in [2.05, 4.69) is 23.3 Å². The van der Waals surface area contributed by atoms with Crippen LogP contribution in [0.2, 0.25) is 0 Å². The van der Waals surface area contributed by atoms with Crippen molar-refractivity contribution in [1.82, 2.24) is 4.90 Å². The Morgan fingerprint density at radius 3 is 2.41 bits per heavy atom. The molecule has 2 atom stereocenters. The van der Waals surface area contributed by atoms with Crippen molar-refractivity contribution >= 4 is 17.3 Å². The maximum atomic E-state index is 12.1. The second kappa shape index (κ2) is 10.9. The summed E-state index contributed by atoms with van der Waals surface area (Å²) in [6, 6.07) is 15.2. The number of piperidine rings is 1. The van der Waals surface area contributed by atoms with E-state index in [1.165, 1.54) is 0 Å². The largest absolute Gasteiger partial charge is 0.493 e. The van der Waals surface area contributed by atoms with Gasteiger partial charge in [0.1, 0.15) is 12.6 Å². The fourth-order valence-electron chi connectivity index (χ4n) is 4.57. The number of aryl methyl sites for hydroxylation is 1. The van der Waals surface area contributed by atoms with Gasteiger partial charge in [-0.3, -0.25) is 9.69 Å². The lowest BCUT2D eigenvalue weighted by Crippen LogP contribution is -2.46. The van der Waals surface area contributed by atoms with E-state index in [1.807, 2.05) is 42.5 Å². The summed E-state index contributed by atoms with van der Waals surface area (Å²) in [5.41, 5.74) is 3.13. The summed E-state index contributed by atoms with van der Waals surface area (Å²) in [5.74, 6) is 0.881. The molecule has 1 aliphatic heterocycles. The van der Waals surface area contributed by atoms with Crippen molar-refractivity contribution in [3.05, 3.63) is 75.5 Å². The maximum Gasteiger partial charge on any atom is 0.320 e. The minimum Gasteiger partial charge on any atom is -0.493 e. The summed E-state index contributed by atoms with van der Waals surface area (Å²) < 4.78 is 17.6. The fraction of sp³-hybridized carbons (Fsp3) is 0.370. The number of benzene rings is 2. The van der Waals surface area contributed by atoms with Crippen LogP contribution in [0.1, 0.15) is 46.9 Å². The molecule has 180 valence electrons. The molecule has 6 nitrogen and oxygen atoms in total. The molecule has 0 saturated carbocycles. The average molecular weight is 482 g/mol. The molecular weight excluding hydrogens is 450 g/mol. The van der Waals surface area contributed by atoms with Gasteiger partial charge in [-0.05, 0) is 66.6 Å². The molecule has 0 spiro atoms. The van der Waals surface area contributed by atoms with Gasteiger partial charge >= 0.3 is 5.97 Å². The molecule has 0 radical (unpaired) electrons. The number of aliphatic carboxylic acids is 1. The quantitative estimate of drug-likeness (QED) is 0.424. The zero-order valence-electron chi connectivity index (χ0n) is 19.8. The predicted molar refractivity (Wildman–Crippen MR) is 133 cm³/mol. The normalized spacial score (nSPS) is 17.2. The number of likely N-dealkylation sites (tertiary alicyclic amines) is 1. The van der Waals surface area contributed by atoms with Gasteiger partial charge in [0.15, 0.2) is 11.5 Å². The first-order chi connectivity index (χ1) is 16.5. The van der Waals surface area contributed by atoms with Crippen molar-refractivity contribution in [3.8, 4) is 17.2 Å². The van der Waals surface area contributed by atoms with E-state index in [4.69, 9.17) is 14.2 Å². The molecule has 2 heterocycles. The summed E-state index contributed by atoms with van der Waals surface area (Å²) in [6.07, 6.45) is 2.53. The molecule has 1 N–H and O–H groups in total. The summed E-state index contributed by atoms with van der Waals surface area (Å²) in [6.45, 7) is 3.16. The Balaban J connectivity index is 1.76. The van der Waals surface area contributed by atoms with Crippen molar-refractivity contribution in [1.29, 1.82) is 0 Å².